The molecule has 1 aromatic heterocycles. The highest BCUT2D eigenvalue weighted by molar-refractivity contribution is 5.84. The number of aromatic carboxylic acids is 1. The highest BCUT2D eigenvalue weighted by Gasteiger charge is 2.00. The van der Waals surface area contributed by atoms with E-state index < -0.39 is 17.9 Å². The van der Waals surface area contributed by atoms with Crippen LogP contribution >= 0.6 is 0 Å². The van der Waals surface area contributed by atoms with E-state index in [1.165, 1.54) is 18.6 Å². The fourth-order valence-corrected chi connectivity index (χ4v) is 0.631. The number of aromatic nitrogens is 2. The number of carboxylic acids is 3. The van der Waals surface area contributed by atoms with Crippen LogP contribution < -0.4 is 11.5 Å². The Labute approximate surface area is 129 Å². The van der Waals surface area contributed by atoms with Crippen LogP contribution in [0.5, 0.6) is 0 Å². The molecule has 2 amide bonds. The maximum atomic E-state index is 10.1. The number of hydrogen-bond donors (Lipinski definition) is 5. The Hall–Kier alpha value is -3.57. The van der Waals surface area contributed by atoms with E-state index in [1.807, 2.05) is 0 Å². The van der Waals surface area contributed by atoms with Crippen molar-refractivity contribution in [2.45, 2.75) is 12.8 Å². The van der Waals surface area contributed by atoms with Crippen LogP contribution in [0.25, 0.3) is 0 Å². The van der Waals surface area contributed by atoms with Crippen LogP contribution in [0.2, 0.25) is 0 Å². The van der Waals surface area contributed by atoms with E-state index in [-0.39, 0.29) is 31.4 Å². The molecule has 0 bridgehead atoms. The molecule has 0 saturated heterocycles. The van der Waals surface area contributed by atoms with E-state index in [4.69, 9.17) is 24.9 Å². The molecule has 0 unspecified atom stereocenters. The quantitative estimate of drug-likeness (QED) is 0.393. The van der Waals surface area contributed by atoms with Gasteiger partial charge in [0, 0.05) is 6.20 Å². The van der Waals surface area contributed by atoms with Gasteiger partial charge in [-0.05, 0) is 6.07 Å². The monoisotopic (exact) mass is 332 g/mol. The summed E-state index contributed by atoms with van der Waals surface area (Å²) in [6, 6.07) is 1.34. The van der Waals surface area contributed by atoms with Gasteiger partial charge in [0.25, 0.3) is 0 Å². The van der Waals surface area contributed by atoms with E-state index in [0.717, 1.165) is 0 Å². The lowest BCUT2D eigenvalue weighted by atomic mass is 10.3. The first-order valence-electron chi connectivity index (χ1n) is 5.50. The molecule has 12 heteroatoms. The zero-order valence-corrected chi connectivity index (χ0v) is 11.7. The molecule has 0 spiro atoms. The summed E-state index contributed by atoms with van der Waals surface area (Å²) in [5.41, 5.74) is 8.35. The number of carboxylic acid groups (broad SMARTS) is 3. The highest BCUT2D eigenvalue weighted by Crippen LogP contribution is 1.88. The summed E-state index contributed by atoms with van der Waals surface area (Å²) < 4.78 is 0. The molecule has 12 nitrogen and oxygen atoms in total. The molecule has 1 heterocycles. The zero-order chi connectivity index (χ0) is 18.7. The van der Waals surface area contributed by atoms with Gasteiger partial charge in [-0.15, -0.1) is 0 Å². The van der Waals surface area contributed by atoms with Crippen molar-refractivity contribution in [3.8, 4) is 0 Å². The van der Waals surface area contributed by atoms with Gasteiger partial charge in [-0.3, -0.25) is 19.2 Å². The Kier molecular flexibility index (Phi) is 19.6. The van der Waals surface area contributed by atoms with Crippen molar-refractivity contribution in [2.75, 3.05) is 0 Å². The van der Waals surface area contributed by atoms with Crippen LogP contribution in [0, 0.1) is 0 Å². The largest absolute Gasteiger partial charge is 0.481 e. The van der Waals surface area contributed by atoms with Crippen LogP contribution in [-0.4, -0.2) is 56.0 Å². The van der Waals surface area contributed by atoms with Crippen molar-refractivity contribution in [2.24, 2.45) is 11.5 Å². The van der Waals surface area contributed by atoms with Crippen LogP contribution in [0.15, 0.2) is 18.6 Å². The predicted molar refractivity (Wildman–Crippen MR) is 74.0 cm³/mol. The number of nitrogens with zero attached hydrogens (tertiary/aromatic N) is 2. The number of carbonyl (C=O) groups excluding carboxylic acids is 2. The van der Waals surface area contributed by atoms with Gasteiger partial charge in [0.15, 0.2) is 5.69 Å². The number of rotatable bonds is 4. The van der Waals surface area contributed by atoms with Crippen molar-refractivity contribution in [1.29, 1.82) is 0 Å². The Bertz CT molecular complexity index is 460. The van der Waals surface area contributed by atoms with E-state index in [0.29, 0.717) is 0 Å². The Balaban J connectivity index is -0.000000262. The maximum absolute atomic E-state index is 10.1. The molecule has 0 aliphatic heterocycles. The molecule has 7 N–H and O–H groups in total. The Morgan fingerprint density at radius 2 is 1.39 bits per heavy atom. The molecule has 0 aliphatic carbocycles. The number of nitrogens with two attached hydrogens (primary N) is 2. The van der Waals surface area contributed by atoms with Gasteiger partial charge in [0.2, 0.25) is 12.8 Å². The summed E-state index contributed by atoms with van der Waals surface area (Å²) >= 11 is 0. The van der Waals surface area contributed by atoms with E-state index in [9.17, 15) is 14.4 Å². The minimum absolute atomic E-state index is 0.0185. The van der Waals surface area contributed by atoms with E-state index in [1.54, 1.807) is 0 Å². The maximum Gasteiger partial charge on any atom is 0.354 e. The molecule has 128 valence electrons. The van der Waals surface area contributed by atoms with Gasteiger partial charge in [-0.25, -0.2) is 14.8 Å². The second-order valence-corrected chi connectivity index (χ2v) is 2.96. The zero-order valence-electron chi connectivity index (χ0n) is 11.7. The molecule has 0 aliphatic rings. The first kappa shape index (κ1) is 24.4. The molecule has 23 heavy (non-hydrogen) atoms. The van der Waals surface area contributed by atoms with Crippen LogP contribution in [-0.2, 0) is 19.2 Å². The van der Waals surface area contributed by atoms with Gasteiger partial charge in [-0.2, -0.15) is 0 Å². The number of carbonyl (C=O) groups is 5. The molecule has 1 aromatic rings. The summed E-state index contributed by atoms with van der Waals surface area (Å²) in [7, 11) is 0. The summed E-state index contributed by atoms with van der Waals surface area (Å²) in [6.07, 6.45) is 2.49. The number of amides is 2. The van der Waals surface area contributed by atoms with Gasteiger partial charge in [-0.1, -0.05) is 0 Å². The molecule has 1 rings (SSSR count). The van der Waals surface area contributed by atoms with Crippen molar-refractivity contribution >= 4 is 30.7 Å². The molecular weight excluding hydrogens is 316 g/mol. The van der Waals surface area contributed by atoms with Gasteiger partial charge < -0.3 is 26.8 Å². The van der Waals surface area contributed by atoms with E-state index in [2.05, 4.69) is 21.4 Å². The first-order chi connectivity index (χ1) is 10.8. The third kappa shape index (κ3) is 27.6. The topological polar surface area (TPSA) is 224 Å². The van der Waals surface area contributed by atoms with Crippen LogP contribution in [0.4, 0.5) is 0 Å². The van der Waals surface area contributed by atoms with E-state index >= 15 is 0 Å². The van der Waals surface area contributed by atoms with Crippen molar-refractivity contribution in [3.05, 3.63) is 24.3 Å². The average Bonchev–Trinajstić information content (AvgIpc) is 2.48. The summed E-state index contributed by atoms with van der Waals surface area (Å²) in [5, 5.41) is 24.1. The fourth-order valence-electron chi connectivity index (χ4n) is 0.631. The smallest absolute Gasteiger partial charge is 0.354 e. The molecule has 0 saturated carbocycles. The normalized spacial score (nSPS) is 7.48. The molecule has 0 aromatic carbocycles. The Morgan fingerprint density at radius 3 is 1.57 bits per heavy atom. The lowest BCUT2D eigenvalue weighted by Gasteiger charge is -1.86. The third-order valence-corrected chi connectivity index (χ3v) is 1.35. The fraction of sp³-hybridized carbons (Fsp3) is 0.182. The minimum Gasteiger partial charge on any atom is -0.481 e. The predicted octanol–water partition coefficient (Wildman–Crippen LogP) is -1.69. The summed E-state index contributed by atoms with van der Waals surface area (Å²) in [6.45, 7) is 0. The second kappa shape index (κ2) is 18.4. The van der Waals surface area contributed by atoms with Crippen molar-refractivity contribution in [3.63, 3.8) is 0 Å². The second-order valence-electron chi connectivity index (χ2n) is 2.96. The van der Waals surface area contributed by atoms with Gasteiger partial charge in [0.05, 0.1) is 12.8 Å². The Morgan fingerprint density at radius 1 is 1.00 bits per heavy atom. The molecule has 0 radical (unpaired) electrons. The molecular formula is C11H16N4O8. The lowest BCUT2D eigenvalue weighted by molar-refractivity contribution is -0.143. The van der Waals surface area contributed by atoms with Gasteiger partial charge >= 0.3 is 17.9 Å². The minimum atomic E-state index is -1.08. The lowest BCUT2D eigenvalue weighted by Crippen LogP contribution is -2.00. The van der Waals surface area contributed by atoms with Crippen LogP contribution in [0.1, 0.15) is 23.3 Å². The third-order valence-electron chi connectivity index (χ3n) is 1.35. The highest BCUT2D eigenvalue weighted by atomic mass is 16.4. The molecule has 0 atom stereocenters. The molecule has 0 fully saturated rings. The summed E-state index contributed by atoms with van der Waals surface area (Å²) in [4.78, 5) is 53.6. The average molecular weight is 332 g/mol. The number of hydrogen-bond acceptors (Lipinski definition) is 7. The number of aliphatic carboxylic acids is 2. The first-order valence-corrected chi connectivity index (χ1v) is 5.50. The van der Waals surface area contributed by atoms with Gasteiger partial charge in [0.1, 0.15) is 6.33 Å². The van der Waals surface area contributed by atoms with Crippen molar-refractivity contribution in [1.82, 2.24) is 9.97 Å². The number of primary amides is 2. The SMILES string of the molecule is NC=O.NC=O.O=C(O)CCC(=O)O.O=C(O)c1ccncn1. The van der Waals surface area contributed by atoms with Crippen LogP contribution in [0.3, 0.4) is 0 Å². The standard InChI is InChI=1S/C5H4N2O2.C4H6O4.2CH3NO/c8-5(9)4-1-2-6-3-7-4;5-3(6)1-2-4(7)8;2*2-1-3/h1-3H,(H,8,9);1-2H2,(H,5,6)(H,7,8);2*1H,(H2,2,3). The summed E-state index contributed by atoms with van der Waals surface area (Å²) in [5.74, 6) is -3.18. The van der Waals surface area contributed by atoms with Crippen molar-refractivity contribution < 1.29 is 39.3 Å².